The Morgan fingerprint density at radius 2 is 1.85 bits per heavy atom. The molecule has 7 heteroatoms. The van der Waals surface area contributed by atoms with Gasteiger partial charge in [0.1, 0.15) is 24.5 Å². The molecule has 0 aliphatic carbocycles. The van der Waals surface area contributed by atoms with Crippen molar-refractivity contribution in [2.24, 2.45) is 0 Å². The van der Waals surface area contributed by atoms with E-state index in [4.69, 9.17) is 9.15 Å². The summed E-state index contributed by atoms with van der Waals surface area (Å²) in [6.07, 6.45) is 1.02. The maximum absolute atomic E-state index is 13.5. The second-order valence-corrected chi connectivity index (χ2v) is 5.81. The fraction of sp³-hybridized carbons (Fsp3) is 0.100. The minimum atomic E-state index is -0.694. The summed E-state index contributed by atoms with van der Waals surface area (Å²) < 4.78 is 36.9. The first-order valence-corrected chi connectivity index (χ1v) is 8.00. The molecule has 0 bridgehead atoms. The number of hydrogen-bond acceptors (Lipinski definition) is 4. The van der Waals surface area contributed by atoms with Crippen LogP contribution < -0.4 is 15.5 Å². The third kappa shape index (κ3) is 4.58. The largest absolute Gasteiger partial charge is 0.482 e. The first-order valence-electron chi connectivity index (χ1n) is 8.00. The molecule has 3 aromatic rings. The Hall–Kier alpha value is -3.48. The lowest BCUT2D eigenvalue weighted by Gasteiger charge is -2.07. The molecule has 0 unspecified atom stereocenters. The topological polar surface area (TPSA) is 68.5 Å². The van der Waals surface area contributed by atoms with Gasteiger partial charge in [-0.1, -0.05) is 18.2 Å². The molecule has 1 heterocycles. The van der Waals surface area contributed by atoms with Crippen LogP contribution in [-0.2, 0) is 6.61 Å². The van der Waals surface area contributed by atoms with Crippen molar-refractivity contribution in [2.75, 3.05) is 5.32 Å². The van der Waals surface area contributed by atoms with Crippen LogP contribution in [0.5, 0.6) is 5.75 Å². The monoisotopic (exact) mass is 371 g/mol. The molecule has 0 spiro atoms. The number of anilines is 1. The lowest BCUT2D eigenvalue weighted by molar-refractivity contribution is 0.0993. The molecule has 138 valence electrons. The van der Waals surface area contributed by atoms with E-state index in [9.17, 15) is 18.4 Å². The van der Waals surface area contributed by atoms with Crippen LogP contribution in [0.2, 0.25) is 0 Å². The van der Waals surface area contributed by atoms with Crippen molar-refractivity contribution in [1.82, 2.24) is 0 Å². The molecule has 0 aliphatic rings. The maximum atomic E-state index is 13.5. The fourth-order valence-electron chi connectivity index (χ4n) is 2.23. The van der Waals surface area contributed by atoms with Gasteiger partial charge in [0.25, 0.3) is 5.91 Å². The molecule has 0 atom stereocenters. The van der Waals surface area contributed by atoms with Crippen molar-refractivity contribution < 1.29 is 22.7 Å². The van der Waals surface area contributed by atoms with Gasteiger partial charge >= 0.3 is 0 Å². The Morgan fingerprint density at radius 1 is 1.11 bits per heavy atom. The standard InChI is InChI=1S/C20H15F2NO4/c1-12-2-7-15(8-16(12)22)23-20(25)18-9-17(24)19(11-27-18)26-10-13-3-5-14(21)6-4-13/h2-9,11H,10H2,1H3,(H,23,25). The normalized spacial score (nSPS) is 10.5. The molecule has 0 aliphatic heterocycles. The summed E-state index contributed by atoms with van der Waals surface area (Å²) in [5.41, 5.74) is 0.798. The van der Waals surface area contributed by atoms with E-state index in [1.54, 1.807) is 6.92 Å². The van der Waals surface area contributed by atoms with Crippen molar-refractivity contribution in [2.45, 2.75) is 13.5 Å². The Balaban J connectivity index is 1.68. The first kappa shape index (κ1) is 18.3. The first-order chi connectivity index (χ1) is 12.9. The van der Waals surface area contributed by atoms with Crippen molar-refractivity contribution >= 4 is 11.6 Å². The average Bonchev–Trinajstić information content (AvgIpc) is 2.65. The Kier molecular flexibility index (Phi) is 5.30. The summed E-state index contributed by atoms with van der Waals surface area (Å²) in [7, 11) is 0. The van der Waals surface area contributed by atoms with Crippen LogP contribution in [0.25, 0.3) is 0 Å². The maximum Gasteiger partial charge on any atom is 0.291 e. The summed E-state index contributed by atoms with van der Waals surface area (Å²) in [4.78, 5) is 24.2. The number of carbonyl (C=O) groups excluding carboxylic acids is 1. The van der Waals surface area contributed by atoms with Gasteiger partial charge in [-0.25, -0.2) is 8.78 Å². The number of nitrogens with one attached hydrogen (secondary N) is 1. The van der Waals surface area contributed by atoms with E-state index in [1.807, 2.05) is 0 Å². The van der Waals surface area contributed by atoms with Crippen LogP contribution in [0.3, 0.4) is 0 Å². The molecule has 0 saturated heterocycles. The fourth-order valence-corrected chi connectivity index (χ4v) is 2.23. The third-order valence-electron chi connectivity index (χ3n) is 3.76. The van der Waals surface area contributed by atoms with Gasteiger partial charge in [0.15, 0.2) is 5.76 Å². The van der Waals surface area contributed by atoms with E-state index in [1.165, 1.54) is 42.5 Å². The lowest BCUT2D eigenvalue weighted by atomic mass is 10.2. The Labute approximate surface area is 153 Å². The zero-order valence-corrected chi connectivity index (χ0v) is 14.3. The van der Waals surface area contributed by atoms with Gasteiger partial charge in [0, 0.05) is 11.8 Å². The van der Waals surface area contributed by atoms with Gasteiger partial charge in [-0.15, -0.1) is 0 Å². The number of benzene rings is 2. The van der Waals surface area contributed by atoms with Gasteiger partial charge in [0.05, 0.1) is 0 Å². The highest BCUT2D eigenvalue weighted by Crippen LogP contribution is 2.15. The number of amides is 1. The predicted octanol–water partition coefficient (Wildman–Crippen LogP) is 4.06. The molecule has 0 radical (unpaired) electrons. The number of halogens is 2. The van der Waals surface area contributed by atoms with Gasteiger partial charge in [-0.05, 0) is 42.3 Å². The Bertz CT molecular complexity index is 1030. The van der Waals surface area contributed by atoms with Gasteiger partial charge in [-0.2, -0.15) is 0 Å². The average molecular weight is 371 g/mol. The Morgan fingerprint density at radius 3 is 2.52 bits per heavy atom. The summed E-state index contributed by atoms with van der Waals surface area (Å²) >= 11 is 0. The second kappa shape index (κ2) is 7.82. The van der Waals surface area contributed by atoms with E-state index in [0.717, 1.165) is 12.3 Å². The van der Waals surface area contributed by atoms with E-state index >= 15 is 0 Å². The zero-order chi connectivity index (χ0) is 19.4. The molecule has 27 heavy (non-hydrogen) atoms. The van der Waals surface area contributed by atoms with E-state index in [-0.39, 0.29) is 29.6 Å². The molecule has 5 nitrogen and oxygen atoms in total. The highest BCUT2D eigenvalue weighted by Gasteiger charge is 2.13. The molecule has 1 aromatic heterocycles. The highest BCUT2D eigenvalue weighted by atomic mass is 19.1. The molecule has 1 N–H and O–H groups in total. The SMILES string of the molecule is Cc1ccc(NC(=O)c2cc(=O)c(OCc3ccc(F)cc3)co2)cc1F. The second-order valence-electron chi connectivity index (χ2n) is 5.81. The van der Waals surface area contributed by atoms with E-state index in [0.29, 0.717) is 11.1 Å². The third-order valence-corrected chi connectivity index (χ3v) is 3.76. The smallest absolute Gasteiger partial charge is 0.291 e. The predicted molar refractivity (Wildman–Crippen MR) is 94.8 cm³/mol. The summed E-state index contributed by atoms with van der Waals surface area (Å²) in [6.45, 7) is 1.64. The van der Waals surface area contributed by atoms with Crippen molar-refractivity contribution in [1.29, 1.82) is 0 Å². The molecule has 1 amide bonds. The minimum absolute atomic E-state index is 0.0409. The summed E-state index contributed by atoms with van der Waals surface area (Å²) in [5, 5.41) is 2.45. The molecule has 3 rings (SSSR count). The quantitative estimate of drug-likeness (QED) is 0.734. The van der Waals surface area contributed by atoms with Gasteiger partial charge in [-0.3, -0.25) is 9.59 Å². The van der Waals surface area contributed by atoms with Crippen molar-refractivity contribution in [3.63, 3.8) is 0 Å². The van der Waals surface area contributed by atoms with Crippen molar-refractivity contribution in [3.05, 3.63) is 93.5 Å². The lowest BCUT2D eigenvalue weighted by Crippen LogP contribution is -2.16. The number of carbonyl (C=O) groups is 1. The number of ether oxygens (including phenoxy) is 1. The highest BCUT2D eigenvalue weighted by molar-refractivity contribution is 6.02. The van der Waals surface area contributed by atoms with Gasteiger partial charge < -0.3 is 14.5 Å². The molecule has 0 fully saturated rings. The van der Waals surface area contributed by atoms with E-state index < -0.39 is 17.2 Å². The number of aryl methyl sites for hydroxylation is 1. The van der Waals surface area contributed by atoms with Crippen LogP contribution >= 0.6 is 0 Å². The molecular weight excluding hydrogens is 356 g/mol. The van der Waals surface area contributed by atoms with Crippen LogP contribution in [0.4, 0.5) is 14.5 Å². The molecular formula is C20H15F2NO4. The molecule has 0 saturated carbocycles. The van der Waals surface area contributed by atoms with Crippen molar-refractivity contribution in [3.8, 4) is 5.75 Å². The van der Waals surface area contributed by atoms with Crippen LogP contribution in [0.1, 0.15) is 21.7 Å². The number of hydrogen-bond donors (Lipinski definition) is 1. The van der Waals surface area contributed by atoms with E-state index in [2.05, 4.69) is 5.32 Å². The van der Waals surface area contributed by atoms with Crippen LogP contribution in [0, 0.1) is 18.6 Å². The molecule has 2 aromatic carbocycles. The number of rotatable bonds is 5. The zero-order valence-electron chi connectivity index (χ0n) is 14.3. The summed E-state index contributed by atoms with van der Waals surface area (Å²) in [6, 6.07) is 10.8. The van der Waals surface area contributed by atoms with Crippen LogP contribution in [-0.4, -0.2) is 5.91 Å². The minimum Gasteiger partial charge on any atom is -0.482 e. The summed E-state index contributed by atoms with van der Waals surface area (Å²) in [5.74, 6) is -1.85. The van der Waals surface area contributed by atoms with Gasteiger partial charge in [0.2, 0.25) is 11.2 Å². The van der Waals surface area contributed by atoms with Crippen LogP contribution in [0.15, 0.2) is 64.0 Å².